The molecule has 3 aromatic rings. The van der Waals surface area contributed by atoms with E-state index in [1.165, 1.54) is 30.0 Å². The lowest BCUT2D eigenvalue weighted by Crippen LogP contribution is -2.45. The third-order valence-corrected chi connectivity index (χ3v) is 7.30. The highest BCUT2D eigenvalue weighted by atomic mass is 32.2. The molecule has 1 heterocycles. The Hall–Kier alpha value is -2.63. The Morgan fingerprint density at radius 3 is 2.25 bits per heavy atom. The molecule has 0 fully saturated rings. The summed E-state index contributed by atoms with van der Waals surface area (Å²) in [5, 5.41) is 11.3. The third-order valence-electron chi connectivity index (χ3n) is 4.13. The van der Waals surface area contributed by atoms with Crippen LogP contribution in [0.25, 0.3) is 0 Å². The van der Waals surface area contributed by atoms with E-state index in [0.29, 0.717) is 27.6 Å². The van der Waals surface area contributed by atoms with E-state index in [1.54, 1.807) is 24.3 Å². The molecule has 8 nitrogen and oxygen atoms in total. The van der Waals surface area contributed by atoms with Gasteiger partial charge in [0.05, 0.1) is 11.9 Å². The van der Waals surface area contributed by atoms with Crippen LogP contribution in [0, 0.1) is 0 Å². The van der Waals surface area contributed by atoms with Crippen LogP contribution in [0.4, 0.5) is 10.8 Å². The first kappa shape index (κ1) is 24.0. The maximum Gasteiger partial charge on any atom is 0.249 e. The number of carbonyl (C=O) groups is 1. The maximum absolute atomic E-state index is 12.8. The largest absolute Gasteiger partial charge is 0.457 e. The molecule has 0 aliphatic heterocycles. The second-order valence-electron chi connectivity index (χ2n) is 7.17. The molecule has 0 aliphatic rings. The minimum absolute atomic E-state index is 0.324. The Kier molecular flexibility index (Phi) is 7.75. The van der Waals surface area contributed by atoms with E-state index >= 15 is 0 Å². The fourth-order valence-corrected chi connectivity index (χ4v) is 5.97. The van der Waals surface area contributed by atoms with Crippen molar-refractivity contribution in [1.82, 2.24) is 10.2 Å². The zero-order chi connectivity index (χ0) is 23.3. The fraction of sp³-hybridized carbons (Fsp3) is 0.286. The molecule has 170 valence electrons. The molecule has 1 atom stereocenters. The first-order chi connectivity index (χ1) is 15.1. The molecular weight excluding hydrogens is 468 g/mol. The van der Waals surface area contributed by atoms with Gasteiger partial charge in [-0.25, -0.2) is 8.42 Å². The number of nitrogens with one attached hydrogen (secondary N) is 1. The molecular formula is C21H24N4O4S3. The average molecular weight is 493 g/mol. The van der Waals surface area contributed by atoms with Gasteiger partial charge >= 0.3 is 0 Å². The first-order valence-corrected chi connectivity index (χ1v) is 13.3. The average Bonchev–Trinajstić information content (AvgIpc) is 3.15. The number of hydrogen-bond donors (Lipinski definition) is 1. The van der Waals surface area contributed by atoms with E-state index in [4.69, 9.17) is 4.74 Å². The highest BCUT2D eigenvalue weighted by Crippen LogP contribution is 2.30. The summed E-state index contributed by atoms with van der Waals surface area (Å²) in [6, 6.07) is 14.8. The second kappa shape index (κ2) is 10.3. The van der Waals surface area contributed by atoms with Gasteiger partial charge in [0.1, 0.15) is 17.5 Å². The van der Waals surface area contributed by atoms with E-state index in [0.717, 1.165) is 14.9 Å². The van der Waals surface area contributed by atoms with Crippen LogP contribution in [0.3, 0.4) is 0 Å². The zero-order valence-electron chi connectivity index (χ0n) is 18.1. The van der Waals surface area contributed by atoms with Gasteiger partial charge in [0.15, 0.2) is 4.34 Å². The van der Waals surface area contributed by atoms with Crippen LogP contribution in [-0.2, 0) is 14.8 Å². The summed E-state index contributed by atoms with van der Waals surface area (Å²) in [5.74, 6) is 0.715. The number of carbonyl (C=O) groups excluding carboxylic acids is 1. The lowest BCUT2D eigenvalue weighted by atomic mass is 10.2. The van der Waals surface area contributed by atoms with Crippen molar-refractivity contribution < 1.29 is 17.9 Å². The summed E-state index contributed by atoms with van der Waals surface area (Å²) < 4.78 is 32.6. The van der Waals surface area contributed by atoms with Crippen molar-refractivity contribution in [3.05, 3.63) is 54.6 Å². The van der Waals surface area contributed by atoms with E-state index < -0.39 is 22.0 Å². The molecule has 1 amide bonds. The minimum atomic E-state index is -3.74. The van der Waals surface area contributed by atoms with Gasteiger partial charge in [-0.3, -0.25) is 14.4 Å². The van der Waals surface area contributed by atoms with Crippen LogP contribution in [0.1, 0.15) is 20.8 Å². The van der Waals surface area contributed by atoms with E-state index in [2.05, 4.69) is 15.5 Å². The van der Waals surface area contributed by atoms with Crippen LogP contribution in [-0.4, -0.2) is 42.1 Å². The number of benzene rings is 2. The van der Waals surface area contributed by atoms with Crippen LogP contribution >= 0.6 is 23.1 Å². The standard InChI is InChI=1S/C21H24N4O4S3/c1-14(2)30-21-24-23-20(31-21)22-19(26)15(3)25(32(4,27)28)16-10-12-18(13-11-16)29-17-8-6-5-7-9-17/h5-15H,1-4H3,(H,22,23,26)/t15-/m0/s1. The minimum Gasteiger partial charge on any atom is -0.457 e. The van der Waals surface area contributed by atoms with Crippen molar-refractivity contribution in [2.45, 2.75) is 36.4 Å². The van der Waals surface area contributed by atoms with Crippen LogP contribution in [0.5, 0.6) is 11.5 Å². The van der Waals surface area contributed by atoms with Gasteiger partial charge in [0.2, 0.25) is 21.1 Å². The molecule has 1 N–H and O–H groups in total. The van der Waals surface area contributed by atoms with E-state index in [-0.39, 0.29) is 0 Å². The number of nitrogens with zero attached hydrogens (tertiary/aromatic N) is 3. The number of thioether (sulfide) groups is 1. The SMILES string of the molecule is CC(C)Sc1nnc(NC(=O)[C@H](C)N(c2ccc(Oc3ccccc3)cc2)S(C)(=O)=O)s1. The number of hydrogen-bond acceptors (Lipinski definition) is 8. The van der Waals surface area contributed by atoms with Gasteiger partial charge in [-0.05, 0) is 43.3 Å². The van der Waals surface area contributed by atoms with Gasteiger partial charge in [0, 0.05) is 5.25 Å². The molecule has 0 aliphatic carbocycles. The number of sulfonamides is 1. The molecule has 0 saturated carbocycles. The predicted molar refractivity (Wildman–Crippen MR) is 129 cm³/mol. The molecule has 0 spiro atoms. The molecule has 0 saturated heterocycles. The lowest BCUT2D eigenvalue weighted by molar-refractivity contribution is -0.116. The molecule has 0 radical (unpaired) electrons. The predicted octanol–water partition coefficient (Wildman–Crippen LogP) is 4.62. The molecule has 3 rings (SSSR count). The summed E-state index contributed by atoms with van der Waals surface area (Å²) in [7, 11) is -3.74. The molecule has 0 unspecified atom stereocenters. The van der Waals surface area contributed by atoms with Gasteiger partial charge in [-0.2, -0.15) is 0 Å². The fourth-order valence-electron chi connectivity index (χ4n) is 2.81. The second-order valence-corrected chi connectivity index (χ2v) is 11.8. The number of ether oxygens (including phenoxy) is 1. The van der Waals surface area contributed by atoms with E-state index in [1.807, 2.05) is 44.2 Å². The quantitative estimate of drug-likeness (QED) is 0.343. The Morgan fingerprint density at radius 2 is 1.66 bits per heavy atom. The number of amides is 1. The molecule has 1 aromatic heterocycles. The van der Waals surface area contributed by atoms with Crippen LogP contribution in [0.15, 0.2) is 58.9 Å². The summed E-state index contributed by atoms with van der Waals surface area (Å²) in [6.45, 7) is 5.59. The van der Waals surface area contributed by atoms with Gasteiger partial charge < -0.3 is 4.74 Å². The van der Waals surface area contributed by atoms with Crippen molar-refractivity contribution in [3.8, 4) is 11.5 Å². The Balaban J connectivity index is 1.75. The number of rotatable bonds is 9. The highest BCUT2D eigenvalue weighted by Gasteiger charge is 2.30. The summed E-state index contributed by atoms with van der Waals surface area (Å²) in [5.41, 5.74) is 0.351. The number of aromatic nitrogens is 2. The van der Waals surface area contributed by atoms with Crippen molar-refractivity contribution in [2.24, 2.45) is 0 Å². The van der Waals surface area contributed by atoms with E-state index in [9.17, 15) is 13.2 Å². The zero-order valence-corrected chi connectivity index (χ0v) is 20.5. The Morgan fingerprint density at radius 1 is 1.03 bits per heavy atom. The van der Waals surface area contributed by atoms with Crippen molar-refractivity contribution in [3.63, 3.8) is 0 Å². The number of anilines is 2. The first-order valence-electron chi connectivity index (χ1n) is 9.77. The number of para-hydroxylation sites is 1. The van der Waals surface area contributed by atoms with Crippen molar-refractivity contribution in [1.29, 1.82) is 0 Å². The van der Waals surface area contributed by atoms with Gasteiger partial charge in [-0.15, -0.1) is 10.2 Å². The van der Waals surface area contributed by atoms with Gasteiger partial charge in [0.25, 0.3) is 0 Å². The monoisotopic (exact) mass is 492 g/mol. The molecule has 2 aromatic carbocycles. The molecule has 0 bridgehead atoms. The van der Waals surface area contributed by atoms with Crippen LogP contribution in [0.2, 0.25) is 0 Å². The molecule has 11 heteroatoms. The highest BCUT2D eigenvalue weighted by molar-refractivity contribution is 8.01. The maximum atomic E-state index is 12.8. The summed E-state index contributed by atoms with van der Waals surface area (Å²) >= 11 is 2.79. The van der Waals surface area contributed by atoms with Crippen molar-refractivity contribution >= 4 is 49.8 Å². The lowest BCUT2D eigenvalue weighted by Gasteiger charge is -2.28. The smallest absolute Gasteiger partial charge is 0.249 e. The normalized spacial score (nSPS) is 12.4. The third kappa shape index (κ3) is 6.44. The molecule has 32 heavy (non-hydrogen) atoms. The Bertz CT molecular complexity index is 1150. The Labute approximate surface area is 196 Å². The topological polar surface area (TPSA) is 101 Å². The summed E-state index contributed by atoms with van der Waals surface area (Å²) in [4.78, 5) is 12.8. The van der Waals surface area contributed by atoms with Crippen molar-refractivity contribution in [2.75, 3.05) is 15.9 Å². The van der Waals surface area contributed by atoms with Gasteiger partial charge in [-0.1, -0.05) is 55.1 Å². The van der Waals surface area contributed by atoms with Crippen LogP contribution < -0.4 is 14.4 Å². The summed E-state index contributed by atoms with van der Waals surface area (Å²) in [6.07, 6.45) is 1.06.